The number of benzene rings is 1. The number of hydrogen-bond acceptors (Lipinski definition) is 5. The van der Waals surface area contributed by atoms with E-state index in [2.05, 4.69) is 43.1 Å². The molecule has 3 amide bonds. The van der Waals surface area contributed by atoms with E-state index in [-0.39, 0.29) is 36.0 Å². The van der Waals surface area contributed by atoms with E-state index >= 15 is 0 Å². The smallest absolute Gasteiger partial charge is 0.251 e. The number of amides is 3. The normalized spacial score (nSPS) is 19.4. The van der Waals surface area contributed by atoms with Crippen LogP contribution in [0.3, 0.4) is 0 Å². The molecule has 8 heteroatoms. The number of carbonyl (C=O) groups excluding carboxylic acids is 3. The van der Waals surface area contributed by atoms with Crippen molar-refractivity contribution in [3.05, 3.63) is 46.7 Å². The number of morpholine rings is 1. The first-order valence-corrected chi connectivity index (χ1v) is 12.9. The van der Waals surface area contributed by atoms with Crippen LogP contribution in [0.25, 0.3) is 0 Å². The highest BCUT2D eigenvalue weighted by molar-refractivity contribution is 5.98. The molecule has 36 heavy (non-hydrogen) atoms. The van der Waals surface area contributed by atoms with E-state index in [1.807, 2.05) is 19.1 Å². The molecule has 2 aliphatic rings. The first-order valence-electron chi connectivity index (χ1n) is 12.9. The zero-order chi connectivity index (χ0) is 26.5. The Morgan fingerprint density at radius 2 is 1.75 bits per heavy atom. The number of ether oxygens (including phenoxy) is 1. The monoisotopic (exact) mass is 498 g/mol. The number of nitrogens with zero attached hydrogens (tertiary/aromatic N) is 3. The molecule has 8 nitrogen and oxygen atoms in total. The van der Waals surface area contributed by atoms with Crippen molar-refractivity contribution in [3.8, 4) is 0 Å². The van der Waals surface area contributed by atoms with Gasteiger partial charge in [-0.25, -0.2) is 0 Å². The number of hydrogen-bond donors (Lipinski definition) is 1. The lowest BCUT2D eigenvalue weighted by Gasteiger charge is -2.35. The third-order valence-corrected chi connectivity index (χ3v) is 7.02. The molecule has 2 aliphatic heterocycles. The van der Waals surface area contributed by atoms with E-state index in [1.165, 1.54) is 10.5 Å². The van der Waals surface area contributed by atoms with Gasteiger partial charge in [0.1, 0.15) is 0 Å². The van der Waals surface area contributed by atoms with Gasteiger partial charge >= 0.3 is 0 Å². The topological polar surface area (TPSA) is 82.2 Å². The van der Waals surface area contributed by atoms with Crippen molar-refractivity contribution in [1.29, 1.82) is 0 Å². The molecule has 0 bridgehead atoms. The Morgan fingerprint density at radius 3 is 2.33 bits per heavy atom. The summed E-state index contributed by atoms with van der Waals surface area (Å²) in [6.45, 7) is 13.1. The van der Waals surface area contributed by atoms with Gasteiger partial charge in [0.05, 0.1) is 25.7 Å². The first-order chi connectivity index (χ1) is 17.0. The Balaban J connectivity index is 1.71. The fraction of sp³-hybridized carbons (Fsp3) is 0.607. The summed E-state index contributed by atoms with van der Waals surface area (Å²) in [7, 11) is 3.42. The van der Waals surface area contributed by atoms with Crippen molar-refractivity contribution in [2.75, 3.05) is 53.5 Å². The second kappa shape index (κ2) is 12.0. The average molecular weight is 499 g/mol. The van der Waals surface area contributed by atoms with Crippen LogP contribution >= 0.6 is 0 Å². The van der Waals surface area contributed by atoms with Crippen LogP contribution < -0.4 is 5.32 Å². The molecule has 1 atom stereocenters. The van der Waals surface area contributed by atoms with Crippen LogP contribution in [-0.2, 0) is 31.1 Å². The highest BCUT2D eigenvalue weighted by Crippen LogP contribution is 2.32. The summed E-state index contributed by atoms with van der Waals surface area (Å²) in [6.07, 6.45) is 0.344. The summed E-state index contributed by atoms with van der Waals surface area (Å²) < 4.78 is 5.36. The SMILES string of the molecule is CC1=C(C(=O)N(C)C)CC(CC(=O)NCCN2CCOCC2)C(=O)N1Cc1ccc(C(C)(C)C)cc1. The van der Waals surface area contributed by atoms with E-state index in [0.29, 0.717) is 37.6 Å². The second-order valence-corrected chi connectivity index (χ2v) is 11.0. The van der Waals surface area contributed by atoms with Gasteiger partial charge in [0.15, 0.2) is 0 Å². The Bertz CT molecular complexity index is 972. The zero-order valence-corrected chi connectivity index (χ0v) is 22.7. The third kappa shape index (κ3) is 7.17. The maximum Gasteiger partial charge on any atom is 0.251 e. The lowest BCUT2D eigenvalue weighted by molar-refractivity contribution is -0.139. The fourth-order valence-corrected chi connectivity index (χ4v) is 4.66. The molecular weight excluding hydrogens is 456 g/mol. The van der Waals surface area contributed by atoms with Crippen LogP contribution in [0.15, 0.2) is 35.5 Å². The molecule has 0 aliphatic carbocycles. The molecule has 198 valence electrons. The summed E-state index contributed by atoms with van der Waals surface area (Å²) in [6, 6.07) is 8.26. The van der Waals surface area contributed by atoms with Crippen molar-refractivity contribution >= 4 is 17.7 Å². The second-order valence-electron chi connectivity index (χ2n) is 11.0. The number of likely N-dealkylation sites (N-methyl/N-ethyl adjacent to an activating group) is 1. The van der Waals surface area contributed by atoms with Crippen LogP contribution in [0.2, 0.25) is 0 Å². The van der Waals surface area contributed by atoms with Gasteiger partial charge in [0, 0.05) is 58.0 Å². The quantitative estimate of drug-likeness (QED) is 0.596. The van der Waals surface area contributed by atoms with Gasteiger partial charge in [-0.2, -0.15) is 0 Å². The highest BCUT2D eigenvalue weighted by Gasteiger charge is 2.37. The third-order valence-electron chi connectivity index (χ3n) is 7.02. The molecule has 0 spiro atoms. The van der Waals surface area contributed by atoms with E-state index in [9.17, 15) is 14.4 Å². The molecule has 3 rings (SSSR count). The van der Waals surface area contributed by atoms with Crippen molar-refractivity contribution in [2.45, 2.75) is 52.5 Å². The lowest BCUT2D eigenvalue weighted by atomic mass is 9.86. The van der Waals surface area contributed by atoms with Gasteiger partial charge in [-0.15, -0.1) is 0 Å². The largest absolute Gasteiger partial charge is 0.379 e. The van der Waals surface area contributed by atoms with Gasteiger partial charge in [0.25, 0.3) is 5.91 Å². The van der Waals surface area contributed by atoms with Gasteiger partial charge in [-0.3, -0.25) is 19.3 Å². The van der Waals surface area contributed by atoms with Crippen molar-refractivity contribution < 1.29 is 19.1 Å². The van der Waals surface area contributed by atoms with E-state index < -0.39 is 5.92 Å². The van der Waals surface area contributed by atoms with Crippen LogP contribution in [-0.4, -0.2) is 85.9 Å². The first kappa shape index (κ1) is 27.9. The molecule has 1 aromatic carbocycles. The maximum absolute atomic E-state index is 13.5. The number of carbonyl (C=O) groups is 3. The summed E-state index contributed by atoms with van der Waals surface area (Å²) in [5, 5.41) is 2.96. The number of rotatable bonds is 8. The van der Waals surface area contributed by atoms with Gasteiger partial charge in [-0.1, -0.05) is 45.0 Å². The molecule has 0 radical (unpaired) electrons. The summed E-state index contributed by atoms with van der Waals surface area (Å²) in [5.74, 6) is -0.950. The zero-order valence-electron chi connectivity index (χ0n) is 22.7. The predicted octanol–water partition coefficient (Wildman–Crippen LogP) is 2.53. The molecule has 1 unspecified atom stereocenters. The summed E-state index contributed by atoms with van der Waals surface area (Å²) in [4.78, 5) is 44.7. The van der Waals surface area contributed by atoms with Gasteiger partial charge in [-0.05, 0) is 29.9 Å². The van der Waals surface area contributed by atoms with Crippen molar-refractivity contribution in [1.82, 2.24) is 20.0 Å². The van der Waals surface area contributed by atoms with E-state index in [4.69, 9.17) is 4.74 Å². The fourth-order valence-electron chi connectivity index (χ4n) is 4.66. The Labute approximate surface area is 215 Å². The molecule has 0 saturated carbocycles. The molecule has 1 fully saturated rings. The molecule has 2 heterocycles. The van der Waals surface area contributed by atoms with Gasteiger partial charge < -0.3 is 19.9 Å². The van der Waals surface area contributed by atoms with E-state index in [1.54, 1.807) is 19.0 Å². The maximum atomic E-state index is 13.5. The molecule has 0 aromatic heterocycles. The van der Waals surface area contributed by atoms with Crippen LogP contribution in [0, 0.1) is 5.92 Å². The van der Waals surface area contributed by atoms with Crippen LogP contribution in [0.4, 0.5) is 0 Å². The summed E-state index contributed by atoms with van der Waals surface area (Å²) >= 11 is 0. The van der Waals surface area contributed by atoms with E-state index in [0.717, 1.165) is 25.2 Å². The minimum atomic E-state index is -0.565. The number of nitrogens with one attached hydrogen (secondary N) is 1. The molecule has 1 N–H and O–H groups in total. The summed E-state index contributed by atoms with van der Waals surface area (Å²) in [5.41, 5.74) is 3.52. The van der Waals surface area contributed by atoms with Crippen LogP contribution in [0.1, 0.15) is 51.7 Å². The minimum absolute atomic E-state index is 0.0425. The van der Waals surface area contributed by atoms with Gasteiger partial charge in [0.2, 0.25) is 11.8 Å². The molecule has 1 saturated heterocycles. The van der Waals surface area contributed by atoms with Crippen LogP contribution in [0.5, 0.6) is 0 Å². The minimum Gasteiger partial charge on any atom is -0.379 e. The predicted molar refractivity (Wildman–Crippen MR) is 140 cm³/mol. The standard InChI is InChI=1S/C28H42N4O4/c1-20-24(27(35)30(5)6)17-22(18-25(33)29-11-12-31-13-15-36-16-14-31)26(34)32(20)19-21-7-9-23(10-8-21)28(2,3)4/h7-10,22H,11-19H2,1-6H3,(H,29,33). The number of allylic oxidation sites excluding steroid dienone is 1. The Kier molecular flexibility index (Phi) is 9.30. The average Bonchev–Trinajstić information content (AvgIpc) is 2.83. The Morgan fingerprint density at radius 1 is 1.11 bits per heavy atom. The lowest BCUT2D eigenvalue weighted by Crippen LogP contribution is -2.44. The molecule has 1 aromatic rings. The Hall–Kier alpha value is -2.71. The van der Waals surface area contributed by atoms with Crippen molar-refractivity contribution in [3.63, 3.8) is 0 Å². The highest BCUT2D eigenvalue weighted by atomic mass is 16.5. The van der Waals surface area contributed by atoms with Crippen molar-refractivity contribution in [2.24, 2.45) is 5.92 Å². The molecular formula is C28H42N4O4.